The van der Waals surface area contributed by atoms with Crippen LogP contribution in [0.15, 0.2) is 53.4 Å². The van der Waals surface area contributed by atoms with Gasteiger partial charge in [0, 0.05) is 25.3 Å². The predicted octanol–water partition coefficient (Wildman–Crippen LogP) is 2.20. The minimum atomic E-state index is -3.71. The van der Waals surface area contributed by atoms with E-state index < -0.39 is 10.0 Å². The average Bonchev–Trinajstić information content (AvgIpc) is 2.54. The summed E-state index contributed by atoms with van der Waals surface area (Å²) < 4.78 is 32.2. The van der Waals surface area contributed by atoms with Crippen molar-refractivity contribution in [1.29, 1.82) is 0 Å². The lowest BCUT2D eigenvalue weighted by molar-refractivity contribution is 0.0827. The van der Waals surface area contributed by atoms with Crippen molar-refractivity contribution >= 4 is 21.6 Å². The van der Waals surface area contributed by atoms with Gasteiger partial charge in [-0.05, 0) is 48.5 Å². The molecule has 2 rings (SSSR count). The Labute approximate surface area is 135 Å². The maximum atomic E-state index is 12.3. The Bertz CT molecular complexity index is 782. The Kier molecular flexibility index (Phi) is 4.90. The maximum absolute atomic E-state index is 12.3. The van der Waals surface area contributed by atoms with Crippen molar-refractivity contribution in [2.24, 2.45) is 0 Å². The van der Waals surface area contributed by atoms with Crippen LogP contribution in [0, 0.1) is 0 Å². The molecule has 0 radical (unpaired) electrons. The van der Waals surface area contributed by atoms with Crippen molar-refractivity contribution in [3.8, 4) is 5.75 Å². The molecule has 122 valence electrons. The predicted molar refractivity (Wildman–Crippen MR) is 88.3 cm³/mol. The van der Waals surface area contributed by atoms with E-state index in [1.165, 1.54) is 36.3 Å². The van der Waals surface area contributed by atoms with Crippen LogP contribution >= 0.6 is 0 Å². The minimum Gasteiger partial charge on any atom is -0.497 e. The number of carbonyl (C=O) groups excluding carboxylic acids is 1. The topological polar surface area (TPSA) is 75.7 Å². The van der Waals surface area contributed by atoms with Crippen LogP contribution in [-0.4, -0.2) is 40.4 Å². The van der Waals surface area contributed by atoms with Crippen molar-refractivity contribution in [3.63, 3.8) is 0 Å². The second-order valence-electron chi connectivity index (χ2n) is 5.06. The number of ether oxygens (including phenoxy) is 1. The first kappa shape index (κ1) is 16.8. The highest BCUT2D eigenvalue weighted by atomic mass is 32.2. The number of hydrogen-bond acceptors (Lipinski definition) is 4. The van der Waals surface area contributed by atoms with Crippen molar-refractivity contribution in [2.75, 3.05) is 25.9 Å². The summed E-state index contributed by atoms with van der Waals surface area (Å²) in [7, 11) is 1.10. The van der Waals surface area contributed by atoms with E-state index in [0.717, 1.165) is 0 Å². The third-order valence-corrected chi connectivity index (χ3v) is 4.56. The zero-order valence-electron chi connectivity index (χ0n) is 13.1. The third kappa shape index (κ3) is 4.01. The monoisotopic (exact) mass is 334 g/mol. The number of rotatable bonds is 5. The molecule has 0 aliphatic heterocycles. The van der Waals surface area contributed by atoms with Gasteiger partial charge in [0.05, 0.1) is 12.0 Å². The first-order valence-electron chi connectivity index (χ1n) is 6.82. The van der Waals surface area contributed by atoms with Crippen molar-refractivity contribution in [1.82, 2.24) is 4.90 Å². The number of benzene rings is 2. The van der Waals surface area contributed by atoms with Gasteiger partial charge in [-0.3, -0.25) is 9.52 Å². The Morgan fingerprint density at radius 3 is 2.04 bits per heavy atom. The molecule has 0 saturated heterocycles. The minimum absolute atomic E-state index is 0.0867. The molecule has 7 heteroatoms. The van der Waals surface area contributed by atoms with Gasteiger partial charge in [-0.25, -0.2) is 8.42 Å². The van der Waals surface area contributed by atoms with E-state index in [2.05, 4.69) is 4.72 Å². The van der Waals surface area contributed by atoms with Crippen LogP contribution in [0.5, 0.6) is 5.75 Å². The number of nitrogens with one attached hydrogen (secondary N) is 1. The fourth-order valence-electron chi connectivity index (χ4n) is 1.91. The molecule has 0 unspecified atom stereocenters. The van der Waals surface area contributed by atoms with Gasteiger partial charge in [-0.15, -0.1) is 0 Å². The molecule has 1 N–H and O–H groups in total. The molecular weight excluding hydrogens is 316 g/mol. The first-order valence-corrected chi connectivity index (χ1v) is 8.30. The van der Waals surface area contributed by atoms with E-state index in [4.69, 9.17) is 4.74 Å². The van der Waals surface area contributed by atoms with Crippen LogP contribution in [0.25, 0.3) is 0 Å². The summed E-state index contributed by atoms with van der Waals surface area (Å²) in [6.07, 6.45) is 0. The van der Waals surface area contributed by atoms with E-state index >= 15 is 0 Å². The number of carbonyl (C=O) groups is 1. The third-order valence-electron chi connectivity index (χ3n) is 3.16. The summed E-state index contributed by atoms with van der Waals surface area (Å²) in [5.74, 6) is 0.455. The van der Waals surface area contributed by atoms with Gasteiger partial charge in [0.1, 0.15) is 5.75 Å². The highest BCUT2D eigenvalue weighted by Crippen LogP contribution is 2.19. The summed E-state index contributed by atoms with van der Waals surface area (Å²) >= 11 is 0. The van der Waals surface area contributed by atoms with Crippen LogP contribution in [0.3, 0.4) is 0 Å². The largest absolute Gasteiger partial charge is 0.497 e. The fourth-order valence-corrected chi connectivity index (χ4v) is 2.97. The molecule has 6 nitrogen and oxygen atoms in total. The van der Waals surface area contributed by atoms with Crippen molar-refractivity contribution < 1.29 is 17.9 Å². The summed E-state index contributed by atoms with van der Waals surface area (Å²) in [6.45, 7) is 0. The maximum Gasteiger partial charge on any atom is 0.261 e. The van der Waals surface area contributed by atoms with Crippen molar-refractivity contribution in [3.05, 3.63) is 54.1 Å². The molecule has 0 aromatic heterocycles. The number of anilines is 1. The van der Waals surface area contributed by atoms with Gasteiger partial charge < -0.3 is 9.64 Å². The number of amides is 1. The van der Waals surface area contributed by atoms with Gasteiger partial charge in [0.15, 0.2) is 0 Å². The van der Waals surface area contributed by atoms with Crippen LogP contribution in [0.4, 0.5) is 5.69 Å². The van der Waals surface area contributed by atoms with Crippen molar-refractivity contribution in [2.45, 2.75) is 4.90 Å². The van der Waals surface area contributed by atoms with Gasteiger partial charge in [-0.1, -0.05) is 0 Å². The summed E-state index contributed by atoms with van der Waals surface area (Å²) in [6, 6.07) is 12.3. The molecule has 0 saturated carbocycles. The Morgan fingerprint density at radius 1 is 1.00 bits per heavy atom. The molecule has 0 heterocycles. The van der Waals surface area contributed by atoms with Crippen LogP contribution in [0.1, 0.15) is 10.4 Å². The normalized spacial score (nSPS) is 10.9. The van der Waals surface area contributed by atoms with Crippen LogP contribution in [0.2, 0.25) is 0 Å². The second-order valence-corrected chi connectivity index (χ2v) is 6.74. The number of sulfonamides is 1. The molecule has 2 aromatic rings. The molecule has 23 heavy (non-hydrogen) atoms. The lowest BCUT2D eigenvalue weighted by Crippen LogP contribution is -2.21. The van der Waals surface area contributed by atoms with E-state index in [1.807, 2.05) is 0 Å². The molecular formula is C16H18N2O4S. The highest BCUT2D eigenvalue weighted by Gasteiger charge is 2.15. The van der Waals surface area contributed by atoms with E-state index in [-0.39, 0.29) is 10.8 Å². The molecule has 0 atom stereocenters. The summed E-state index contributed by atoms with van der Waals surface area (Å²) in [5, 5.41) is 0. The Balaban J connectivity index is 2.20. The van der Waals surface area contributed by atoms with E-state index in [1.54, 1.807) is 38.4 Å². The van der Waals surface area contributed by atoms with E-state index in [9.17, 15) is 13.2 Å². The molecule has 0 bridgehead atoms. The highest BCUT2D eigenvalue weighted by molar-refractivity contribution is 7.92. The zero-order chi connectivity index (χ0) is 17.0. The average molecular weight is 334 g/mol. The second kappa shape index (κ2) is 6.70. The molecule has 0 spiro atoms. The molecule has 2 aromatic carbocycles. The zero-order valence-corrected chi connectivity index (χ0v) is 13.9. The lowest BCUT2D eigenvalue weighted by Gasteiger charge is -2.11. The molecule has 0 aliphatic carbocycles. The lowest BCUT2D eigenvalue weighted by atomic mass is 10.2. The quantitative estimate of drug-likeness (QED) is 0.909. The van der Waals surface area contributed by atoms with Crippen LogP contribution < -0.4 is 9.46 Å². The van der Waals surface area contributed by atoms with Gasteiger partial charge in [-0.2, -0.15) is 0 Å². The SMILES string of the molecule is COc1ccc(NS(=O)(=O)c2ccc(C(=O)N(C)C)cc2)cc1. The number of nitrogens with zero attached hydrogens (tertiary/aromatic N) is 1. The number of hydrogen-bond donors (Lipinski definition) is 1. The van der Waals surface area contributed by atoms with Crippen LogP contribution in [-0.2, 0) is 10.0 Å². The van der Waals surface area contributed by atoms with Gasteiger partial charge >= 0.3 is 0 Å². The molecule has 1 amide bonds. The summed E-state index contributed by atoms with van der Waals surface area (Å²) in [5.41, 5.74) is 0.859. The standard InChI is InChI=1S/C16H18N2O4S/c1-18(2)16(19)12-4-10-15(11-5-12)23(20,21)17-13-6-8-14(22-3)9-7-13/h4-11,17H,1-3H3. The molecule has 0 fully saturated rings. The smallest absolute Gasteiger partial charge is 0.261 e. The Hall–Kier alpha value is -2.54. The number of methoxy groups -OCH3 is 1. The summed E-state index contributed by atoms with van der Waals surface area (Å²) in [4.78, 5) is 13.3. The van der Waals surface area contributed by atoms with Gasteiger partial charge in [0.2, 0.25) is 0 Å². The molecule has 0 aliphatic rings. The fraction of sp³-hybridized carbons (Fsp3) is 0.188. The first-order chi connectivity index (χ1) is 10.8. The Morgan fingerprint density at radius 2 is 1.57 bits per heavy atom. The van der Waals surface area contributed by atoms with E-state index in [0.29, 0.717) is 17.0 Å². The van der Waals surface area contributed by atoms with Gasteiger partial charge in [0.25, 0.3) is 15.9 Å².